The molecule has 0 bridgehead atoms. The maximum absolute atomic E-state index is 12.4. The zero-order valence-corrected chi connectivity index (χ0v) is 16.5. The zero-order valence-electron chi connectivity index (χ0n) is 15.6. The first-order chi connectivity index (χ1) is 13.2. The fourth-order valence-electron chi connectivity index (χ4n) is 3.29. The van der Waals surface area contributed by atoms with Crippen molar-refractivity contribution in [3.8, 4) is 5.75 Å². The van der Waals surface area contributed by atoms with Crippen LogP contribution in [0.3, 0.4) is 0 Å². The van der Waals surface area contributed by atoms with Crippen molar-refractivity contribution in [3.63, 3.8) is 0 Å². The molecule has 0 radical (unpaired) electrons. The van der Waals surface area contributed by atoms with E-state index in [9.17, 15) is 9.59 Å². The van der Waals surface area contributed by atoms with Gasteiger partial charge in [0.2, 0.25) is 5.91 Å². The number of carbonyl (C=O) groups is 2. The van der Waals surface area contributed by atoms with E-state index in [0.717, 1.165) is 35.5 Å². The van der Waals surface area contributed by atoms with E-state index in [1.165, 1.54) is 0 Å². The van der Waals surface area contributed by atoms with Gasteiger partial charge in [-0.3, -0.25) is 9.59 Å². The quantitative estimate of drug-likeness (QED) is 0.796. The summed E-state index contributed by atoms with van der Waals surface area (Å²) in [6.07, 6.45) is 2.88. The lowest BCUT2D eigenvalue weighted by Crippen LogP contribution is -2.48. The number of amides is 2. The van der Waals surface area contributed by atoms with Crippen molar-refractivity contribution in [3.05, 3.63) is 52.2 Å². The summed E-state index contributed by atoms with van der Waals surface area (Å²) in [6, 6.07) is 11.9. The highest BCUT2D eigenvalue weighted by atomic mass is 32.1. The summed E-state index contributed by atoms with van der Waals surface area (Å²) in [7, 11) is 0. The largest absolute Gasteiger partial charge is 0.483 e. The fraction of sp³-hybridized carbons (Fsp3) is 0.429. The molecule has 6 heteroatoms. The van der Waals surface area contributed by atoms with E-state index in [-0.39, 0.29) is 24.5 Å². The molecule has 2 aromatic rings. The summed E-state index contributed by atoms with van der Waals surface area (Å²) < 4.78 is 5.73. The number of ether oxygens (including phenoxy) is 1. The monoisotopic (exact) mass is 386 g/mol. The first kappa shape index (κ1) is 19.4. The van der Waals surface area contributed by atoms with Crippen LogP contribution in [0.5, 0.6) is 5.75 Å². The first-order valence-electron chi connectivity index (χ1n) is 9.46. The Morgan fingerprint density at radius 3 is 2.67 bits per heavy atom. The summed E-state index contributed by atoms with van der Waals surface area (Å²) >= 11 is 1.60. The lowest BCUT2D eigenvalue weighted by Gasteiger charge is -2.32. The molecule has 0 unspecified atom stereocenters. The number of hydrogen-bond acceptors (Lipinski definition) is 4. The third-order valence-electron chi connectivity index (χ3n) is 4.83. The minimum Gasteiger partial charge on any atom is -0.483 e. The number of nitrogens with one attached hydrogen (secondary N) is 1. The molecule has 27 heavy (non-hydrogen) atoms. The number of likely N-dealkylation sites (tertiary alicyclic amines) is 1. The molecule has 5 nitrogen and oxygen atoms in total. The number of aryl methyl sites for hydroxylation is 1. The predicted molar refractivity (Wildman–Crippen MR) is 107 cm³/mol. The molecular formula is C21H26N2O3S. The normalized spacial score (nSPS) is 14.8. The Labute approximate surface area is 164 Å². The number of hydrogen-bond donors (Lipinski definition) is 1. The van der Waals surface area contributed by atoms with Crippen LogP contribution in [0.1, 0.15) is 30.2 Å². The Morgan fingerprint density at radius 1 is 1.19 bits per heavy atom. The third kappa shape index (κ3) is 5.57. The molecule has 0 saturated carbocycles. The van der Waals surface area contributed by atoms with Crippen molar-refractivity contribution in [2.45, 2.75) is 38.6 Å². The van der Waals surface area contributed by atoms with Crippen molar-refractivity contribution >= 4 is 23.2 Å². The zero-order chi connectivity index (χ0) is 19.1. The Morgan fingerprint density at radius 2 is 1.96 bits per heavy atom. The van der Waals surface area contributed by atoms with E-state index in [1.54, 1.807) is 11.3 Å². The van der Waals surface area contributed by atoms with Gasteiger partial charge >= 0.3 is 0 Å². The molecule has 1 saturated heterocycles. The van der Waals surface area contributed by atoms with E-state index < -0.39 is 0 Å². The Balaban J connectivity index is 1.40. The molecule has 2 amide bonds. The number of para-hydroxylation sites is 1. The van der Waals surface area contributed by atoms with Crippen molar-refractivity contribution in [2.24, 2.45) is 0 Å². The minimum absolute atomic E-state index is 0.00395. The summed E-state index contributed by atoms with van der Waals surface area (Å²) in [6.45, 7) is 3.44. The Hall–Kier alpha value is -2.34. The third-order valence-corrected chi connectivity index (χ3v) is 5.71. The average molecular weight is 387 g/mol. The lowest BCUT2D eigenvalue weighted by atomic mass is 10.0. The molecule has 1 fully saturated rings. The minimum atomic E-state index is 0.00395. The van der Waals surface area contributed by atoms with E-state index in [1.807, 2.05) is 46.7 Å². The highest BCUT2D eigenvalue weighted by molar-refractivity contribution is 7.10. The molecule has 144 valence electrons. The van der Waals surface area contributed by atoms with Crippen molar-refractivity contribution < 1.29 is 14.3 Å². The van der Waals surface area contributed by atoms with E-state index in [0.29, 0.717) is 19.5 Å². The molecule has 0 atom stereocenters. The Kier molecular flexibility index (Phi) is 6.87. The van der Waals surface area contributed by atoms with Crippen molar-refractivity contribution in [1.82, 2.24) is 10.2 Å². The van der Waals surface area contributed by atoms with Gasteiger partial charge in [-0.25, -0.2) is 0 Å². The van der Waals surface area contributed by atoms with Crippen LogP contribution in [-0.4, -0.2) is 42.5 Å². The first-order valence-corrected chi connectivity index (χ1v) is 10.3. The van der Waals surface area contributed by atoms with Crippen molar-refractivity contribution in [1.29, 1.82) is 0 Å². The molecule has 0 aliphatic carbocycles. The van der Waals surface area contributed by atoms with Gasteiger partial charge in [-0.15, -0.1) is 11.3 Å². The maximum atomic E-state index is 12.4. The van der Waals surface area contributed by atoms with Gasteiger partial charge in [0.05, 0.1) is 6.42 Å². The lowest BCUT2D eigenvalue weighted by molar-refractivity contribution is -0.134. The fourth-order valence-corrected chi connectivity index (χ4v) is 3.99. The second kappa shape index (κ2) is 9.55. The number of piperidine rings is 1. The summed E-state index contributed by atoms with van der Waals surface area (Å²) in [5, 5.41) is 5.07. The summed E-state index contributed by atoms with van der Waals surface area (Å²) in [4.78, 5) is 27.4. The second-order valence-electron chi connectivity index (χ2n) is 6.73. The molecule has 2 heterocycles. The van der Waals surface area contributed by atoms with Gasteiger partial charge in [-0.1, -0.05) is 31.2 Å². The molecular weight excluding hydrogens is 360 g/mol. The van der Waals surface area contributed by atoms with E-state index >= 15 is 0 Å². The van der Waals surface area contributed by atoms with Crippen LogP contribution in [0.4, 0.5) is 0 Å². The summed E-state index contributed by atoms with van der Waals surface area (Å²) in [5.74, 6) is 0.843. The highest BCUT2D eigenvalue weighted by Gasteiger charge is 2.24. The van der Waals surface area contributed by atoms with Crippen LogP contribution in [0, 0.1) is 0 Å². The van der Waals surface area contributed by atoms with Crippen LogP contribution in [0.15, 0.2) is 41.8 Å². The van der Waals surface area contributed by atoms with E-state index in [2.05, 4.69) is 12.2 Å². The van der Waals surface area contributed by atoms with Crippen molar-refractivity contribution in [2.75, 3.05) is 19.7 Å². The molecule has 1 aromatic heterocycles. The molecule has 1 aliphatic rings. The van der Waals surface area contributed by atoms with Gasteiger partial charge in [0.1, 0.15) is 5.75 Å². The SMILES string of the molecule is CCc1ccccc1OCC(=O)N1CCC(NC(=O)Cc2cccs2)CC1. The average Bonchev–Trinajstić information content (AvgIpc) is 3.19. The number of carbonyl (C=O) groups excluding carboxylic acids is 2. The Bertz CT molecular complexity index is 753. The van der Waals surface area contributed by atoms with Gasteiger partial charge in [0.25, 0.3) is 5.91 Å². The number of benzene rings is 1. The van der Waals surface area contributed by atoms with Crippen LogP contribution in [0.25, 0.3) is 0 Å². The van der Waals surface area contributed by atoms with Gasteiger partial charge in [-0.05, 0) is 42.3 Å². The summed E-state index contributed by atoms with van der Waals surface area (Å²) in [5.41, 5.74) is 1.11. The van der Waals surface area contributed by atoms with Gasteiger partial charge in [-0.2, -0.15) is 0 Å². The maximum Gasteiger partial charge on any atom is 0.260 e. The van der Waals surface area contributed by atoms with Crippen LogP contribution in [0.2, 0.25) is 0 Å². The molecule has 3 rings (SSSR count). The topological polar surface area (TPSA) is 58.6 Å². The van der Waals surface area contributed by atoms with Crippen LogP contribution >= 0.6 is 11.3 Å². The van der Waals surface area contributed by atoms with E-state index in [4.69, 9.17) is 4.74 Å². The predicted octanol–water partition coefficient (Wildman–Crippen LogP) is 3.04. The van der Waals surface area contributed by atoms with Gasteiger partial charge in [0.15, 0.2) is 6.61 Å². The number of thiophene rings is 1. The smallest absolute Gasteiger partial charge is 0.260 e. The standard InChI is InChI=1S/C21H26N2O3S/c1-2-16-6-3-4-8-19(16)26-15-21(25)23-11-9-17(10-12-23)22-20(24)14-18-7-5-13-27-18/h3-8,13,17H,2,9-12,14-15H2,1H3,(H,22,24). The highest BCUT2D eigenvalue weighted by Crippen LogP contribution is 2.19. The second-order valence-corrected chi connectivity index (χ2v) is 7.76. The van der Waals surface area contributed by atoms with Gasteiger partial charge in [0, 0.05) is 24.0 Å². The van der Waals surface area contributed by atoms with Crippen LogP contribution in [-0.2, 0) is 22.4 Å². The molecule has 1 aromatic carbocycles. The number of rotatable bonds is 7. The van der Waals surface area contributed by atoms with Crippen LogP contribution < -0.4 is 10.1 Å². The molecule has 1 N–H and O–H groups in total. The molecule has 0 spiro atoms. The molecule has 1 aliphatic heterocycles. The van der Waals surface area contributed by atoms with Gasteiger partial charge < -0.3 is 15.0 Å². The number of nitrogens with zero attached hydrogens (tertiary/aromatic N) is 1.